The van der Waals surface area contributed by atoms with Crippen LogP contribution in [-0.4, -0.2) is 0 Å². The number of hydrogen-bond acceptors (Lipinski definition) is 4. The molecular weight excluding hydrogens is 260 g/mol. The predicted octanol–water partition coefficient (Wildman–Crippen LogP) is 3.20. The average Bonchev–Trinajstić information content (AvgIpc) is 2.52. The molecule has 0 aromatic heterocycles. The first kappa shape index (κ1) is 14.1. The Morgan fingerprint density at radius 2 is 1.33 bits per heavy atom. The maximum Gasteiger partial charge on any atom is 0.100 e. The summed E-state index contributed by atoms with van der Waals surface area (Å²) in [4.78, 5) is 0. The Kier molecular flexibility index (Phi) is 3.58. The maximum absolute atomic E-state index is 9.44. The van der Waals surface area contributed by atoms with Crippen molar-refractivity contribution in [3.63, 3.8) is 0 Å². The Morgan fingerprint density at radius 3 is 1.81 bits per heavy atom. The number of rotatable bonds is 1. The normalized spacial score (nSPS) is 9.43. The average molecular weight is 270 g/mol. The van der Waals surface area contributed by atoms with Gasteiger partial charge in [-0.25, -0.2) is 0 Å². The fraction of sp³-hybridized carbons (Fsp3) is 0.176. The summed E-state index contributed by atoms with van der Waals surface area (Å²) >= 11 is 0. The summed E-state index contributed by atoms with van der Waals surface area (Å²) in [6.07, 6.45) is 0.578. The standard InChI is InChI=1S/C17H10N4/c1-3-11-5-13(7-19)16-14(8-20)10(2)4-12(6-18)17(16)15(11)9-21/h4-5H,3H2,1-2H3. The van der Waals surface area contributed by atoms with Crippen molar-refractivity contribution in [1.82, 2.24) is 0 Å². The van der Waals surface area contributed by atoms with Crippen LogP contribution in [0, 0.1) is 52.2 Å². The number of fused-ring (bicyclic) bond motifs is 1. The van der Waals surface area contributed by atoms with Crippen LogP contribution in [0.1, 0.15) is 40.3 Å². The van der Waals surface area contributed by atoms with E-state index in [1.807, 2.05) is 6.92 Å². The van der Waals surface area contributed by atoms with E-state index in [-0.39, 0.29) is 0 Å². The van der Waals surface area contributed by atoms with Gasteiger partial charge in [0.2, 0.25) is 0 Å². The van der Waals surface area contributed by atoms with Crippen LogP contribution < -0.4 is 0 Å². The monoisotopic (exact) mass is 270 g/mol. The number of nitrogens with zero attached hydrogens (tertiary/aromatic N) is 4. The Morgan fingerprint density at radius 1 is 0.810 bits per heavy atom. The van der Waals surface area contributed by atoms with E-state index in [0.29, 0.717) is 50.6 Å². The topological polar surface area (TPSA) is 95.2 Å². The second-order valence-electron chi connectivity index (χ2n) is 4.63. The molecule has 0 heterocycles. The molecule has 0 spiro atoms. The molecule has 98 valence electrons. The SMILES string of the molecule is CCc1cc(C#N)c2c(C#N)c(C)cc(C#N)c2c1C#N. The van der Waals surface area contributed by atoms with E-state index in [1.54, 1.807) is 19.1 Å². The fourth-order valence-electron chi connectivity index (χ4n) is 2.55. The van der Waals surface area contributed by atoms with Gasteiger partial charge in [0, 0.05) is 10.8 Å². The van der Waals surface area contributed by atoms with Gasteiger partial charge in [0.25, 0.3) is 0 Å². The first-order valence-electron chi connectivity index (χ1n) is 6.36. The molecule has 0 bridgehead atoms. The first-order chi connectivity index (χ1) is 10.1. The van der Waals surface area contributed by atoms with Crippen molar-refractivity contribution in [3.05, 3.63) is 45.5 Å². The van der Waals surface area contributed by atoms with E-state index in [2.05, 4.69) is 24.3 Å². The lowest BCUT2D eigenvalue weighted by Gasteiger charge is -2.12. The molecule has 2 aromatic carbocycles. The molecule has 0 aliphatic carbocycles. The highest BCUT2D eigenvalue weighted by Crippen LogP contribution is 2.33. The minimum atomic E-state index is 0.324. The van der Waals surface area contributed by atoms with Gasteiger partial charge in [-0.2, -0.15) is 21.0 Å². The molecule has 0 fully saturated rings. The van der Waals surface area contributed by atoms with Crippen molar-refractivity contribution in [2.24, 2.45) is 0 Å². The van der Waals surface area contributed by atoms with E-state index in [1.165, 1.54) is 0 Å². The molecule has 0 amide bonds. The second kappa shape index (κ2) is 5.34. The fourth-order valence-corrected chi connectivity index (χ4v) is 2.55. The summed E-state index contributed by atoms with van der Waals surface area (Å²) in [6.45, 7) is 3.61. The molecule has 0 radical (unpaired) electrons. The molecule has 4 nitrogen and oxygen atoms in total. The highest BCUT2D eigenvalue weighted by Gasteiger charge is 2.19. The van der Waals surface area contributed by atoms with Crippen molar-refractivity contribution >= 4 is 10.8 Å². The summed E-state index contributed by atoms with van der Waals surface area (Å²) in [5.41, 5.74) is 2.72. The lowest BCUT2D eigenvalue weighted by atomic mass is 9.87. The summed E-state index contributed by atoms with van der Waals surface area (Å²) in [6, 6.07) is 11.6. The van der Waals surface area contributed by atoms with Crippen molar-refractivity contribution in [3.8, 4) is 24.3 Å². The highest BCUT2D eigenvalue weighted by molar-refractivity contribution is 6.01. The molecule has 0 aliphatic heterocycles. The van der Waals surface area contributed by atoms with Crippen LogP contribution >= 0.6 is 0 Å². The number of aryl methyl sites for hydroxylation is 2. The Bertz CT molecular complexity index is 925. The van der Waals surface area contributed by atoms with Crippen LogP contribution in [-0.2, 0) is 6.42 Å². The van der Waals surface area contributed by atoms with Gasteiger partial charge in [-0.3, -0.25) is 0 Å². The molecule has 0 saturated carbocycles. The molecule has 21 heavy (non-hydrogen) atoms. The molecule has 0 unspecified atom stereocenters. The minimum Gasteiger partial charge on any atom is -0.192 e. The molecular formula is C17H10N4. The Balaban J connectivity index is 3.27. The van der Waals surface area contributed by atoms with Crippen molar-refractivity contribution < 1.29 is 0 Å². The zero-order valence-corrected chi connectivity index (χ0v) is 11.7. The van der Waals surface area contributed by atoms with Gasteiger partial charge in [0.05, 0.1) is 34.4 Å². The largest absolute Gasteiger partial charge is 0.192 e. The van der Waals surface area contributed by atoms with E-state index >= 15 is 0 Å². The van der Waals surface area contributed by atoms with Crippen LogP contribution in [0.5, 0.6) is 0 Å². The molecule has 4 heteroatoms. The lowest BCUT2D eigenvalue weighted by molar-refractivity contribution is 1.13. The summed E-state index contributed by atoms with van der Waals surface area (Å²) in [5, 5.41) is 38.3. The molecule has 0 saturated heterocycles. The van der Waals surface area contributed by atoms with Crippen molar-refractivity contribution in [1.29, 1.82) is 21.0 Å². The Hall–Kier alpha value is -3.34. The summed E-state index contributed by atoms with van der Waals surface area (Å²) in [7, 11) is 0. The molecule has 0 N–H and O–H groups in total. The summed E-state index contributed by atoms with van der Waals surface area (Å²) < 4.78 is 0. The van der Waals surface area contributed by atoms with Gasteiger partial charge < -0.3 is 0 Å². The van der Waals surface area contributed by atoms with E-state index < -0.39 is 0 Å². The molecule has 2 aromatic rings. The number of benzene rings is 2. The molecule has 2 rings (SSSR count). The van der Waals surface area contributed by atoms with Crippen molar-refractivity contribution in [2.75, 3.05) is 0 Å². The van der Waals surface area contributed by atoms with Crippen LogP contribution in [0.15, 0.2) is 12.1 Å². The smallest absolute Gasteiger partial charge is 0.100 e. The van der Waals surface area contributed by atoms with Crippen LogP contribution in [0.3, 0.4) is 0 Å². The molecule has 0 aliphatic rings. The van der Waals surface area contributed by atoms with Gasteiger partial charge >= 0.3 is 0 Å². The Labute approximate surface area is 122 Å². The number of hydrogen-bond donors (Lipinski definition) is 0. The maximum atomic E-state index is 9.44. The third kappa shape index (κ3) is 1.97. The van der Waals surface area contributed by atoms with Crippen molar-refractivity contribution in [2.45, 2.75) is 20.3 Å². The quantitative estimate of drug-likeness (QED) is 0.794. The molecule has 0 atom stereocenters. The predicted molar refractivity (Wildman–Crippen MR) is 76.9 cm³/mol. The third-order valence-corrected chi connectivity index (χ3v) is 3.53. The summed E-state index contributed by atoms with van der Waals surface area (Å²) in [5.74, 6) is 0. The van der Waals surface area contributed by atoms with E-state index in [0.717, 1.165) is 0 Å². The van der Waals surface area contributed by atoms with E-state index in [4.69, 9.17) is 0 Å². The lowest BCUT2D eigenvalue weighted by Crippen LogP contribution is -1.99. The van der Waals surface area contributed by atoms with Crippen LogP contribution in [0.2, 0.25) is 0 Å². The zero-order valence-electron chi connectivity index (χ0n) is 11.7. The van der Waals surface area contributed by atoms with Crippen LogP contribution in [0.4, 0.5) is 0 Å². The van der Waals surface area contributed by atoms with Gasteiger partial charge in [-0.15, -0.1) is 0 Å². The number of nitriles is 4. The highest BCUT2D eigenvalue weighted by atomic mass is 14.3. The van der Waals surface area contributed by atoms with Gasteiger partial charge in [-0.05, 0) is 36.6 Å². The zero-order chi connectivity index (χ0) is 15.6. The van der Waals surface area contributed by atoms with E-state index in [9.17, 15) is 21.0 Å². The van der Waals surface area contributed by atoms with Gasteiger partial charge in [-0.1, -0.05) is 6.92 Å². The minimum absolute atomic E-state index is 0.324. The van der Waals surface area contributed by atoms with Gasteiger partial charge in [0.1, 0.15) is 12.1 Å². The first-order valence-corrected chi connectivity index (χ1v) is 6.36. The van der Waals surface area contributed by atoms with Crippen LogP contribution in [0.25, 0.3) is 10.8 Å². The second-order valence-corrected chi connectivity index (χ2v) is 4.63. The third-order valence-electron chi connectivity index (χ3n) is 3.53. The van der Waals surface area contributed by atoms with Gasteiger partial charge in [0.15, 0.2) is 0 Å².